The van der Waals surface area contributed by atoms with Crippen molar-refractivity contribution in [3.63, 3.8) is 0 Å². The van der Waals surface area contributed by atoms with Gasteiger partial charge in [-0.15, -0.1) is 0 Å². The lowest BCUT2D eigenvalue weighted by Crippen LogP contribution is -2.20. The van der Waals surface area contributed by atoms with Crippen molar-refractivity contribution in [2.24, 2.45) is 11.3 Å². The van der Waals surface area contributed by atoms with E-state index in [2.05, 4.69) is 0 Å². The Balaban J connectivity index is 2.32. The second-order valence-corrected chi connectivity index (χ2v) is 4.32. The normalized spacial score (nSPS) is 19.1. The van der Waals surface area contributed by atoms with Crippen molar-refractivity contribution in [1.29, 1.82) is 0 Å². The zero-order chi connectivity index (χ0) is 7.78. The van der Waals surface area contributed by atoms with E-state index < -0.39 is 0 Å². The zero-order valence-electron chi connectivity index (χ0n) is 7.11. The van der Waals surface area contributed by atoms with Gasteiger partial charge in [-0.05, 0) is 18.8 Å². The Bertz CT molecular complexity index is 137. The lowest BCUT2D eigenvalue weighted by atomic mass is 9.88. The third-order valence-corrected chi connectivity index (χ3v) is 2.01. The van der Waals surface area contributed by atoms with E-state index in [1.165, 1.54) is 12.8 Å². The average molecular weight is 140 g/mol. The third-order valence-electron chi connectivity index (χ3n) is 2.01. The fraction of sp³-hybridized carbons (Fsp3) is 0.889. The summed E-state index contributed by atoms with van der Waals surface area (Å²) in [6, 6.07) is 0. The summed E-state index contributed by atoms with van der Waals surface area (Å²) in [6.07, 6.45) is 3.38. The van der Waals surface area contributed by atoms with E-state index >= 15 is 0 Å². The zero-order valence-corrected chi connectivity index (χ0v) is 7.11. The predicted molar refractivity (Wildman–Crippen MR) is 41.8 cm³/mol. The van der Waals surface area contributed by atoms with Crippen molar-refractivity contribution in [3.8, 4) is 0 Å². The van der Waals surface area contributed by atoms with Crippen LogP contribution in [0.1, 0.15) is 40.0 Å². The largest absolute Gasteiger partial charge is 0.299 e. The molecule has 0 N–H and O–H groups in total. The molecule has 1 nitrogen and oxygen atoms in total. The van der Waals surface area contributed by atoms with Crippen LogP contribution in [-0.4, -0.2) is 5.78 Å². The van der Waals surface area contributed by atoms with Gasteiger partial charge < -0.3 is 0 Å². The molecule has 0 spiro atoms. The molecule has 1 aliphatic rings. The van der Waals surface area contributed by atoms with Gasteiger partial charge in [-0.25, -0.2) is 0 Å². The summed E-state index contributed by atoms with van der Waals surface area (Å²) in [5.41, 5.74) is -0.109. The first-order valence-electron chi connectivity index (χ1n) is 4.03. The van der Waals surface area contributed by atoms with Crippen LogP contribution in [0.3, 0.4) is 0 Å². The van der Waals surface area contributed by atoms with Gasteiger partial charge in [0.1, 0.15) is 5.78 Å². The quantitative estimate of drug-likeness (QED) is 0.575. The minimum absolute atomic E-state index is 0.109. The second-order valence-electron chi connectivity index (χ2n) is 4.32. The van der Waals surface area contributed by atoms with Crippen LogP contribution < -0.4 is 0 Å². The molecular formula is C9H16O. The molecule has 0 amide bonds. The van der Waals surface area contributed by atoms with Gasteiger partial charge in [-0.1, -0.05) is 20.8 Å². The number of hydrogen-bond acceptors (Lipinski definition) is 1. The maximum absolute atomic E-state index is 11.3. The van der Waals surface area contributed by atoms with E-state index in [0.29, 0.717) is 5.78 Å². The van der Waals surface area contributed by atoms with Crippen molar-refractivity contribution >= 4 is 5.78 Å². The fourth-order valence-corrected chi connectivity index (χ4v) is 0.890. The first-order chi connectivity index (χ1) is 4.50. The van der Waals surface area contributed by atoms with Gasteiger partial charge in [0.05, 0.1) is 0 Å². The van der Waals surface area contributed by atoms with Gasteiger partial charge in [-0.3, -0.25) is 4.79 Å². The molecule has 1 fully saturated rings. The third kappa shape index (κ3) is 2.13. The number of carbonyl (C=O) groups is 1. The Labute approximate surface area is 62.8 Å². The number of ketones is 1. The molecule has 1 saturated carbocycles. The molecular weight excluding hydrogens is 124 g/mol. The summed E-state index contributed by atoms with van der Waals surface area (Å²) in [5, 5.41) is 0. The van der Waals surface area contributed by atoms with E-state index in [1.807, 2.05) is 20.8 Å². The van der Waals surface area contributed by atoms with E-state index in [-0.39, 0.29) is 5.41 Å². The highest BCUT2D eigenvalue weighted by atomic mass is 16.1. The molecule has 1 heteroatoms. The number of hydrogen-bond donors (Lipinski definition) is 0. The maximum atomic E-state index is 11.3. The first kappa shape index (κ1) is 7.77. The molecule has 0 aromatic rings. The van der Waals surface area contributed by atoms with E-state index in [0.717, 1.165) is 12.3 Å². The number of rotatable bonds is 2. The Hall–Kier alpha value is -0.330. The molecule has 0 bridgehead atoms. The van der Waals surface area contributed by atoms with Crippen LogP contribution >= 0.6 is 0 Å². The van der Waals surface area contributed by atoms with Gasteiger partial charge in [0.25, 0.3) is 0 Å². The molecule has 0 radical (unpaired) electrons. The minimum Gasteiger partial charge on any atom is -0.299 e. The van der Waals surface area contributed by atoms with E-state index in [9.17, 15) is 4.79 Å². The van der Waals surface area contributed by atoms with Crippen molar-refractivity contribution < 1.29 is 4.79 Å². The first-order valence-corrected chi connectivity index (χ1v) is 4.03. The molecule has 0 unspecified atom stereocenters. The van der Waals surface area contributed by atoms with Gasteiger partial charge in [0.15, 0.2) is 0 Å². The van der Waals surface area contributed by atoms with Crippen molar-refractivity contribution in [3.05, 3.63) is 0 Å². The Kier molecular flexibility index (Phi) is 1.84. The lowest BCUT2D eigenvalue weighted by molar-refractivity contribution is -0.126. The molecule has 1 aliphatic carbocycles. The summed E-state index contributed by atoms with van der Waals surface area (Å²) >= 11 is 0. The summed E-state index contributed by atoms with van der Waals surface area (Å²) in [4.78, 5) is 11.3. The van der Waals surface area contributed by atoms with Crippen LogP contribution in [0.4, 0.5) is 0 Å². The topological polar surface area (TPSA) is 17.1 Å². The SMILES string of the molecule is CC(C)(C)C(=O)CC1CC1. The van der Waals surface area contributed by atoms with Gasteiger partial charge in [0.2, 0.25) is 0 Å². The summed E-state index contributed by atoms with van der Waals surface area (Å²) in [5.74, 6) is 1.17. The van der Waals surface area contributed by atoms with Gasteiger partial charge >= 0.3 is 0 Å². The molecule has 1 rings (SSSR count). The Morgan fingerprint density at radius 3 is 2.20 bits per heavy atom. The molecule has 0 atom stereocenters. The van der Waals surface area contributed by atoms with Crippen LogP contribution in [0.2, 0.25) is 0 Å². The van der Waals surface area contributed by atoms with Gasteiger partial charge in [0, 0.05) is 11.8 Å². The smallest absolute Gasteiger partial charge is 0.138 e. The molecule has 0 aromatic carbocycles. The summed E-state index contributed by atoms with van der Waals surface area (Å²) in [7, 11) is 0. The molecule has 0 aliphatic heterocycles. The lowest BCUT2D eigenvalue weighted by Gasteiger charge is -2.15. The van der Waals surface area contributed by atoms with Crippen molar-refractivity contribution in [1.82, 2.24) is 0 Å². The molecule has 10 heavy (non-hydrogen) atoms. The fourth-order valence-electron chi connectivity index (χ4n) is 0.890. The number of carbonyl (C=O) groups excluding carboxylic acids is 1. The van der Waals surface area contributed by atoms with Gasteiger partial charge in [-0.2, -0.15) is 0 Å². The van der Waals surface area contributed by atoms with Crippen LogP contribution in [-0.2, 0) is 4.79 Å². The van der Waals surface area contributed by atoms with Crippen molar-refractivity contribution in [2.75, 3.05) is 0 Å². The van der Waals surface area contributed by atoms with Crippen LogP contribution in [0.5, 0.6) is 0 Å². The highest BCUT2D eigenvalue weighted by Crippen LogP contribution is 2.35. The highest BCUT2D eigenvalue weighted by Gasteiger charge is 2.29. The highest BCUT2D eigenvalue weighted by molar-refractivity contribution is 5.84. The Morgan fingerprint density at radius 1 is 1.40 bits per heavy atom. The van der Waals surface area contributed by atoms with E-state index in [1.54, 1.807) is 0 Å². The molecule has 0 aromatic heterocycles. The molecule has 0 heterocycles. The molecule has 0 saturated heterocycles. The van der Waals surface area contributed by atoms with E-state index in [4.69, 9.17) is 0 Å². The monoisotopic (exact) mass is 140 g/mol. The standard InChI is InChI=1S/C9H16O/c1-9(2,3)8(10)6-7-4-5-7/h7H,4-6H2,1-3H3. The van der Waals surface area contributed by atoms with Crippen LogP contribution in [0.15, 0.2) is 0 Å². The van der Waals surface area contributed by atoms with Crippen molar-refractivity contribution in [2.45, 2.75) is 40.0 Å². The predicted octanol–water partition coefficient (Wildman–Crippen LogP) is 2.40. The maximum Gasteiger partial charge on any atom is 0.138 e. The molecule has 58 valence electrons. The number of Topliss-reactive ketones (excluding diaryl/α,β-unsaturated/α-hetero) is 1. The second kappa shape index (κ2) is 2.37. The minimum atomic E-state index is -0.109. The summed E-state index contributed by atoms with van der Waals surface area (Å²) in [6.45, 7) is 5.99. The summed E-state index contributed by atoms with van der Waals surface area (Å²) < 4.78 is 0. The average Bonchev–Trinajstić information content (AvgIpc) is 2.47. The Morgan fingerprint density at radius 2 is 1.90 bits per heavy atom. The van der Waals surface area contributed by atoms with Crippen LogP contribution in [0.25, 0.3) is 0 Å². The van der Waals surface area contributed by atoms with Crippen LogP contribution in [0, 0.1) is 11.3 Å².